The zero-order valence-electron chi connectivity index (χ0n) is 12.0. The van der Waals surface area contributed by atoms with Crippen molar-refractivity contribution in [1.29, 1.82) is 0 Å². The summed E-state index contributed by atoms with van der Waals surface area (Å²) < 4.78 is 5.55. The third kappa shape index (κ3) is 6.15. The van der Waals surface area contributed by atoms with Gasteiger partial charge < -0.3 is 10.1 Å². The zero-order chi connectivity index (χ0) is 16.7. The highest BCUT2D eigenvalue weighted by atomic mass is 35.5. The van der Waals surface area contributed by atoms with Gasteiger partial charge in [0.1, 0.15) is 5.75 Å². The Bertz CT molecular complexity index is 645. The molecule has 0 unspecified atom stereocenters. The quantitative estimate of drug-likeness (QED) is 0.643. The van der Waals surface area contributed by atoms with Gasteiger partial charge in [-0.25, -0.2) is 0 Å². The van der Waals surface area contributed by atoms with E-state index in [0.29, 0.717) is 38.9 Å². The summed E-state index contributed by atoms with van der Waals surface area (Å²) in [5.41, 5.74) is 0.443. The second-order valence-corrected chi connectivity index (χ2v) is 6.86. The smallest absolute Gasteiger partial charge is 0.234 e. The van der Waals surface area contributed by atoms with Crippen molar-refractivity contribution in [2.75, 3.05) is 23.4 Å². The van der Waals surface area contributed by atoms with E-state index in [9.17, 15) is 4.79 Å². The van der Waals surface area contributed by atoms with Crippen molar-refractivity contribution >= 4 is 58.2 Å². The van der Waals surface area contributed by atoms with Crippen LogP contribution < -0.4 is 10.1 Å². The van der Waals surface area contributed by atoms with Crippen molar-refractivity contribution in [3.05, 3.63) is 57.5 Å². The minimum absolute atomic E-state index is 0.156. The van der Waals surface area contributed by atoms with Gasteiger partial charge in [-0.2, -0.15) is 0 Å². The molecule has 3 nitrogen and oxygen atoms in total. The molecule has 0 atom stereocenters. The first-order chi connectivity index (χ1) is 11.1. The van der Waals surface area contributed by atoms with Crippen molar-refractivity contribution in [2.45, 2.75) is 0 Å². The van der Waals surface area contributed by atoms with Crippen molar-refractivity contribution in [3.8, 4) is 5.75 Å². The van der Waals surface area contributed by atoms with Crippen LogP contribution in [0.3, 0.4) is 0 Å². The van der Waals surface area contributed by atoms with Gasteiger partial charge in [0.15, 0.2) is 0 Å². The van der Waals surface area contributed by atoms with Crippen LogP contribution in [0.5, 0.6) is 5.75 Å². The lowest BCUT2D eigenvalue weighted by molar-refractivity contribution is -0.113. The Labute approximate surface area is 154 Å². The van der Waals surface area contributed by atoms with Crippen molar-refractivity contribution in [3.63, 3.8) is 0 Å². The average molecular weight is 391 g/mol. The maximum Gasteiger partial charge on any atom is 0.234 e. The Kier molecular flexibility index (Phi) is 7.37. The maximum atomic E-state index is 11.9. The largest absolute Gasteiger partial charge is 0.493 e. The fourth-order valence-corrected chi connectivity index (χ4v) is 2.93. The number of para-hydroxylation sites is 1. The van der Waals surface area contributed by atoms with E-state index in [0.717, 1.165) is 5.75 Å². The third-order valence-electron chi connectivity index (χ3n) is 2.77. The van der Waals surface area contributed by atoms with Gasteiger partial charge in [-0.15, -0.1) is 11.8 Å². The van der Waals surface area contributed by atoms with Crippen LogP contribution >= 0.6 is 46.6 Å². The molecule has 0 fully saturated rings. The van der Waals surface area contributed by atoms with Gasteiger partial charge in [0.25, 0.3) is 0 Å². The van der Waals surface area contributed by atoms with Crippen LogP contribution in [0.1, 0.15) is 0 Å². The van der Waals surface area contributed by atoms with E-state index in [1.807, 2.05) is 0 Å². The van der Waals surface area contributed by atoms with E-state index in [1.54, 1.807) is 42.5 Å². The molecule has 0 radical (unpaired) electrons. The minimum Gasteiger partial charge on any atom is -0.493 e. The number of hydrogen-bond donors (Lipinski definition) is 1. The summed E-state index contributed by atoms with van der Waals surface area (Å²) >= 11 is 19.3. The van der Waals surface area contributed by atoms with Crippen LogP contribution in [0.4, 0.5) is 5.69 Å². The SMILES string of the molecule is O=C(CSCCOc1ccc(Cl)cc1)Nc1c(Cl)cccc1Cl. The number of hydrogen-bond acceptors (Lipinski definition) is 3. The van der Waals surface area contributed by atoms with Crippen molar-refractivity contribution < 1.29 is 9.53 Å². The highest BCUT2D eigenvalue weighted by Crippen LogP contribution is 2.29. The standard InChI is InChI=1S/C16H14Cl3NO2S/c17-11-4-6-12(7-5-11)22-8-9-23-10-15(21)20-16-13(18)2-1-3-14(16)19/h1-7H,8-10H2,(H,20,21). The van der Waals surface area contributed by atoms with Crippen LogP contribution in [0.25, 0.3) is 0 Å². The summed E-state index contributed by atoms with van der Waals surface area (Å²) in [6.07, 6.45) is 0. The molecule has 1 amide bonds. The topological polar surface area (TPSA) is 38.3 Å². The van der Waals surface area contributed by atoms with Gasteiger partial charge in [0, 0.05) is 10.8 Å². The molecule has 0 aliphatic rings. The van der Waals surface area contributed by atoms with Gasteiger partial charge in [-0.3, -0.25) is 4.79 Å². The number of carbonyl (C=O) groups excluding carboxylic acids is 1. The lowest BCUT2D eigenvalue weighted by atomic mass is 10.3. The number of rotatable bonds is 7. The molecule has 0 heterocycles. The van der Waals surface area contributed by atoms with E-state index in [1.165, 1.54) is 11.8 Å². The molecule has 23 heavy (non-hydrogen) atoms. The molecule has 0 saturated heterocycles. The van der Waals surface area contributed by atoms with Crippen LogP contribution in [-0.2, 0) is 4.79 Å². The lowest BCUT2D eigenvalue weighted by Crippen LogP contribution is -2.15. The molecule has 0 bridgehead atoms. The normalized spacial score (nSPS) is 10.4. The average Bonchev–Trinajstić information content (AvgIpc) is 2.52. The second kappa shape index (κ2) is 9.28. The number of nitrogens with one attached hydrogen (secondary N) is 1. The molecule has 2 aromatic rings. The predicted molar refractivity (Wildman–Crippen MR) is 99.4 cm³/mol. The second-order valence-electron chi connectivity index (χ2n) is 4.50. The maximum absolute atomic E-state index is 11.9. The van der Waals surface area contributed by atoms with Crippen LogP contribution in [-0.4, -0.2) is 24.0 Å². The van der Waals surface area contributed by atoms with E-state index in [-0.39, 0.29) is 5.91 Å². The first-order valence-electron chi connectivity index (χ1n) is 6.76. The third-order valence-corrected chi connectivity index (χ3v) is 4.57. The van der Waals surface area contributed by atoms with Gasteiger partial charge in [0.05, 0.1) is 28.1 Å². The number of benzene rings is 2. The number of thioether (sulfide) groups is 1. The summed E-state index contributed by atoms with van der Waals surface area (Å²) in [4.78, 5) is 11.9. The van der Waals surface area contributed by atoms with Gasteiger partial charge in [-0.05, 0) is 36.4 Å². The summed E-state index contributed by atoms with van der Waals surface area (Å²) in [5.74, 6) is 1.58. The van der Waals surface area contributed by atoms with Crippen molar-refractivity contribution in [1.82, 2.24) is 0 Å². The molecule has 2 rings (SSSR count). The predicted octanol–water partition coefficient (Wildman–Crippen LogP) is 5.40. The van der Waals surface area contributed by atoms with E-state index in [4.69, 9.17) is 39.5 Å². The summed E-state index contributed by atoms with van der Waals surface area (Å²) in [6, 6.07) is 12.2. The van der Waals surface area contributed by atoms with Gasteiger partial charge in [0.2, 0.25) is 5.91 Å². The van der Waals surface area contributed by atoms with Gasteiger partial charge in [-0.1, -0.05) is 40.9 Å². The summed E-state index contributed by atoms with van der Waals surface area (Å²) in [5, 5.41) is 4.22. The lowest BCUT2D eigenvalue weighted by Gasteiger charge is -2.09. The number of anilines is 1. The zero-order valence-corrected chi connectivity index (χ0v) is 15.1. The molecule has 0 aliphatic heterocycles. The molecule has 0 saturated carbocycles. The minimum atomic E-state index is -0.156. The molecule has 122 valence electrons. The molecule has 0 aromatic heterocycles. The van der Waals surface area contributed by atoms with Crippen LogP contribution in [0.15, 0.2) is 42.5 Å². The Balaban J connectivity index is 1.68. The van der Waals surface area contributed by atoms with Crippen molar-refractivity contribution in [2.24, 2.45) is 0 Å². The molecule has 1 N–H and O–H groups in total. The Morgan fingerprint density at radius 2 is 1.70 bits per heavy atom. The number of amides is 1. The highest BCUT2D eigenvalue weighted by Gasteiger charge is 2.09. The Morgan fingerprint density at radius 1 is 1.04 bits per heavy atom. The summed E-state index contributed by atoms with van der Waals surface area (Å²) in [6.45, 7) is 0.506. The van der Waals surface area contributed by atoms with E-state index >= 15 is 0 Å². The van der Waals surface area contributed by atoms with Crippen LogP contribution in [0, 0.1) is 0 Å². The highest BCUT2D eigenvalue weighted by molar-refractivity contribution is 7.99. The molecule has 0 spiro atoms. The monoisotopic (exact) mass is 389 g/mol. The van der Waals surface area contributed by atoms with Crippen LogP contribution in [0.2, 0.25) is 15.1 Å². The number of carbonyl (C=O) groups is 1. The number of halogens is 3. The molecule has 7 heteroatoms. The van der Waals surface area contributed by atoms with Gasteiger partial charge >= 0.3 is 0 Å². The molecular formula is C16H14Cl3NO2S. The summed E-state index contributed by atoms with van der Waals surface area (Å²) in [7, 11) is 0. The van der Waals surface area contributed by atoms with E-state index in [2.05, 4.69) is 5.32 Å². The first kappa shape index (κ1) is 18.3. The van der Waals surface area contributed by atoms with E-state index < -0.39 is 0 Å². The fraction of sp³-hybridized carbons (Fsp3) is 0.188. The fourth-order valence-electron chi connectivity index (χ4n) is 1.71. The molecule has 0 aliphatic carbocycles. The Hall–Kier alpha value is -1.07. The molecular weight excluding hydrogens is 377 g/mol. The first-order valence-corrected chi connectivity index (χ1v) is 9.05. The number of ether oxygens (including phenoxy) is 1. The Morgan fingerprint density at radius 3 is 2.35 bits per heavy atom. The molecule has 2 aromatic carbocycles.